The summed E-state index contributed by atoms with van der Waals surface area (Å²) in [5.41, 5.74) is 1.16. The van der Waals surface area contributed by atoms with E-state index in [2.05, 4.69) is 6.58 Å². The van der Waals surface area contributed by atoms with Gasteiger partial charge in [0.2, 0.25) is 5.78 Å². The first-order valence-electron chi connectivity index (χ1n) is 9.71. The summed E-state index contributed by atoms with van der Waals surface area (Å²) in [6.45, 7) is 3.91. The van der Waals surface area contributed by atoms with E-state index in [1.165, 1.54) is 37.2 Å². The van der Waals surface area contributed by atoms with Crippen LogP contribution in [0.25, 0.3) is 11.3 Å². The van der Waals surface area contributed by atoms with Crippen molar-refractivity contribution in [2.24, 2.45) is 17.6 Å². The Morgan fingerprint density at radius 2 is 1.81 bits per heavy atom. The molecule has 0 unspecified atom stereocenters. The van der Waals surface area contributed by atoms with Gasteiger partial charge >= 0.3 is 0 Å². The lowest BCUT2D eigenvalue weighted by Crippen LogP contribution is -2.70. The maximum absolute atomic E-state index is 13.6. The van der Waals surface area contributed by atoms with Gasteiger partial charge in [-0.2, -0.15) is 0 Å². The lowest BCUT2D eigenvalue weighted by atomic mass is 9.55. The van der Waals surface area contributed by atoms with E-state index in [1.54, 1.807) is 0 Å². The van der Waals surface area contributed by atoms with E-state index >= 15 is 0 Å². The highest BCUT2D eigenvalue weighted by Crippen LogP contribution is 2.55. The maximum Gasteiger partial charge on any atom is 0.255 e. The minimum absolute atomic E-state index is 0.124. The number of nitrogens with two attached hydrogens (primary N) is 1. The average Bonchev–Trinajstić information content (AvgIpc) is 2.70. The highest BCUT2D eigenvalue weighted by atomic mass is 16.4. The summed E-state index contributed by atoms with van der Waals surface area (Å²) in [4.78, 5) is 39.8. The van der Waals surface area contributed by atoms with Gasteiger partial charge in [-0.25, -0.2) is 0 Å². The summed E-state index contributed by atoms with van der Waals surface area (Å²) >= 11 is 0. The smallest absolute Gasteiger partial charge is 0.255 e. The number of likely N-dealkylation sites (N-methyl/N-ethyl adjacent to an activating group) is 1. The Labute approximate surface area is 182 Å². The topological polar surface area (TPSA) is 182 Å². The number of primary amides is 1. The first-order chi connectivity index (χ1) is 14.9. The van der Waals surface area contributed by atoms with Crippen molar-refractivity contribution in [3.05, 3.63) is 52.8 Å². The van der Waals surface area contributed by atoms with Crippen molar-refractivity contribution >= 4 is 28.8 Å². The number of aliphatic hydroxyl groups is 4. The zero-order valence-electron chi connectivity index (χ0n) is 17.2. The standard InChI is InChI=1S/C22H22N2O8/c1-7-8-5-4-6-9(25)11(8)16(26)12-10(7)17(27)14-15(24(2)3)18(28)13(21(23)31)20(30)22(14,32)19(12)29/h4-6,10,14-15,17,25-27,30,32H,1H2,2-3H3,(H2,23,31)/t10-,14+,15-,17-,22-/m0/s1. The first kappa shape index (κ1) is 21.8. The molecule has 3 aliphatic carbocycles. The van der Waals surface area contributed by atoms with Crippen molar-refractivity contribution in [3.63, 3.8) is 0 Å². The van der Waals surface area contributed by atoms with Crippen LogP contribution in [0.1, 0.15) is 11.1 Å². The van der Waals surface area contributed by atoms with Crippen LogP contribution in [0.3, 0.4) is 0 Å². The summed E-state index contributed by atoms with van der Waals surface area (Å²) < 4.78 is 0. The van der Waals surface area contributed by atoms with Crippen molar-refractivity contribution in [3.8, 4) is 5.75 Å². The molecular formula is C22H22N2O8. The van der Waals surface area contributed by atoms with Crippen molar-refractivity contribution in [2.75, 3.05) is 14.1 Å². The number of carbonyl (C=O) groups excluding carboxylic acids is 3. The molecule has 0 aromatic heterocycles. The van der Waals surface area contributed by atoms with Crippen molar-refractivity contribution < 1.29 is 39.9 Å². The first-order valence-corrected chi connectivity index (χ1v) is 9.71. The van der Waals surface area contributed by atoms with E-state index in [9.17, 15) is 39.9 Å². The van der Waals surface area contributed by atoms with Gasteiger partial charge in [-0.05, 0) is 31.3 Å². The quantitative estimate of drug-likeness (QED) is 0.326. The highest BCUT2D eigenvalue weighted by molar-refractivity contribution is 6.25. The monoisotopic (exact) mass is 442 g/mol. The Morgan fingerprint density at radius 3 is 2.38 bits per heavy atom. The molecule has 1 amide bonds. The summed E-state index contributed by atoms with van der Waals surface area (Å²) in [7, 11) is 2.88. The van der Waals surface area contributed by atoms with E-state index in [4.69, 9.17) is 5.73 Å². The molecule has 1 saturated carbocycles. The van der Waals surface area contributed by atoms with E-state index in [1.807, 2.05) is 0 Å². The largest absolute Gasteiger partial charge is 0.508 e. The van der Waals surface area contributed by atoms with Crippen molar-refractivity contribution in [2.45, 2.75) is 17.7 Å². The van der Waals surface area contributed by atoms with Gasteiger partial charge in [-0.3, -0.25) is 19.3 Å². The number of rotatable bonds is 2. The fourth-order valence-corrected chi connectivity index (χ4v) is 5.21. The molecule has 0 aliphatic heterocycles. The van der Waals surface area contributed by atoms with Crippen LogP contribution in [-0.4, -0.2) is 79.7 Å². The predicted octanol–water partition coefficient (Wildman–Crippen LogP) is -0.594. The lowest BCUT2D eigenvalue weighted by molar-refractivity contribution is -0.166. The number of hydrogen-bond acceptors (Lipinski definition) is 9. The van der Waals surface area contributed by atoms with Crippen molar-refractivity contribution in [1.82, 2.24) is 4.90 Å². The lowest BCUT2D eigenvalue weighted by Gasteiger charge is -2.52. The van der Waals surface area contributed by atoms with Crippen LogP contribution >= 0.6 is 0 Å². The molecule has 1 fully saturated rings. The Hall–Kier alpha value is -3.47. The zero-order valence-corrected chi connectivity index (χ0v) is 17.2. The van der Waals surface area contributed by atoms with Crippen LogP contribution in [0.15, 0.2) is 41.7 Å². The molecule has 32 heavy (non-hydrogen) atoms. The van der Waals surface area contributed by atoms with Gasteiger partial charge in [0.1, 0.15) is 22.8 Å². The molecule has 0 radical (unpaired) electrons. The number of phenolic OH excluding ortho intramolecular Hbond substituents is 1. The maximum atomic E-state index is 13.6. The van der Waals surface area contributed by atoms with Crippen LogP contribution in [0, 0.1) is 11.8 Å². The molecule has 168 valence electrons. The molecule has 1 aromatic rings. The third-order valence-electron chi connectivity index (χ3n) is 6.61. The number of phenols is 1. The Bertz CT molecular complexity index is 1180. The normalized spacial score (nSPS) is 32.1. The van der Waals surface area contributed by atoms with Gasteiger partial charge in [0.25, 0.3) is 5.91 Å². The predicted molar refractivity (Wildman–Crippen MR) is 111 cm³/mol. The molecule has 0 bridgehead atoms. The van der Waals surface area contributed by atoms with Crippen molar-refractivity contribution in [1.29, 1.82) is 0 Å². The number of aromatic hydroxyl groups is 1. The number of carbonyl (C=O) groups is 3. The summed E-state index contributed by atoms with van der Waals surface area (Å²) in [6, 6.07) is 2.89. The number of hydrogen-bond donors (Lipinski definition) is 6. The highest BCUT2D eigenvalue weighted by Gasteiger charge is 2.68. The van der Waals surface area contributed by atoms with Gasteiger partial charge in [0.15, 0.2) is 11.4 Å². The van der Waals surface area contributed by atoms with Crippen LogP contribution in [-0.2, 0) is 14.4 Å². The van der Waals surface area contributed by atoms with Crippen LogP contribution in [0.4, 0.5) is 0 Å². The Kier molecular flexibility index (Phi) is 4.60. The number of benzene rings is 1. The number of fused-ring (bicyclic) bond motifs is 3. The molecule has 10 nitrogen and oxygen atoms in total. The minimum Gasteiger partial charge on any atom is -0.508 e. The average molecular weight is 442 g/mol. The van der Waals surface area contributed by atoms with Gasteiger partial charge in [0, 0.05) is 5.92 Å². The van der Waals surface area contributed by atoms with Gasteiger partial charge in [-0.1, -0.05) is 18.7 Å². The van der Waals surface area contributed by atoms with Gasteiger partial charge in [0.05, 0.1) is 29.2 Å². The minimum atomic E-state index is -2.94. The Balaban J connectivity index is 2.08. The molecule has 3 aliphatic rings. The number of nitrogens with zero attached hydrogens (tertiary/aromatic N) is 1. The molecule has 7 N–H and O–H groups in total. The number of amides is 1. The summed E-state index contributed by atoms with van der Waals surface area (Å²) in [6.07, 6.45) is -1.69. The van der Waals surface area contributed by atoms with E-state index < -0.39 is 69.7 Å². The molecule has 0 spiro atoms. The molecular weight excluding hydrogens is 420 g/mol. The second kappa shape index (κ2) is 6.76. The molecule has 0 saturated heterocycles. The number of Topliss-reactive ketones (excluding diaryl/α,β-unsaturated/α-hetero) is 2. The summed E-state index contributed by atoms with van der Waals surface area (Å²) in [5, 5.41) is 54.7. The number of aliphatic hydroxyl groups excluding tert-OH is 3. The van der Waals surface area contributed by atoms with E-state index in [-0.39, 0.29) is 22.4 Å². The number of ketones is 2. The molecule has 4 rings (SSSR count). The van der Waals surface area contributed by atoms with E-state index in [0.717, 1.165) is 0 Å². The fraction of sp³-hybridized carbons (Fsp3) is 0.318. The zero-order chi connectivity index (χ0) is 23.9. The Morgan fingerprint density at radius 1 is 1.19 bits per heavy atom. The second-order valence-corrected chi connectivity index (χ2v) is 8.44. The van der Waals surface area contributed by atoms with Crippen LogP contribution in [0.5, 0.6) is 5.75 Å². The van der Waals surface area contributed by atoms with Gasteiger partial charge in [-0.15, -0.1) is 0 Å². The fourth-order valence-electron chi connectivity index (χ4n) is 5.21. The molecule has 10 heteroatoms. The SMILES string of the molecule is C=C1c2cccc(O)c2C(O)=C2C(=O)[C@]3(O)C(O)=C(C(N)=O)C(=O)[C@@H](N(C)C)[C@@H]3[C@@H](O)[C@@H]12. The van der Waals surface area contributed by atoms with Gasteiger partial charge < -0.3 is 31.3 Å². The third-order valence-corrected chi connectivity index (χ3v) is 6.61. The molecule has 5 atom stereocenters. The van der Waals surface area contributed by atoms with Crippen LogP contribution < -0.4 is 5.73 Å². The third kappa shape index (κ3) is 2.42. The molecule has 1 aromatic carbocycles. The van der Waals surface area contributed by atoms with Crippen LogP contribution in [0.2, 0.25) is 0 Å². The second-order valence-electron chi connectivity index (χ2n) is 8.44. The summed E-state index contributed by atoms with van der Waals surface area (Å²) in [5.74, 6) is -8.78. The van der Waals surface area contributed by atoms with E-state index in [0.29, 0.717) is 0 Å². The molecule has 0 heterocycles.